The molecule has 24 heavy (non-hydrogen) atoms. The van der Waals surface area contributed by atoms with Crippen molar-refractivity contribution >= 4 is 26.5 Å². The van der Waals surface area contributed by atoms with Crippen molar-refractivity contribution in [1.29, 1.82) is 0 Å². The third-order valence-corrected chi connectivity index (χ3v) is 5.61. The van der Waals surface area contributed by atoms with Crippen LogP contribution in [-0.2, 0) is 16.4 Å². The van der Waals surface area contributed by atoms with E-state index in [4.69, 9.17) is 0 Å². The zero-order chi connectivity index (χ0) is 17.3. The summed E-state index contributed by atoms with van der Waals surface area (Å²) in [4.78, 5) is 0.277. The van der Waals surface area contributed by atoms with Crippen molar-refractivity contribution in [2.75, 3.05) is 5.32 Å². The predicted molar refractivity (Wildman–Crippen MR) is 99.6 cm³/mol. The Morgan fingerprint density at radius 2 is 1.67 bits per heavy atom. The van der Waals surface area contributed by atoms with Gasteiger partial charge in [0, 0.05) is 11.3 Å². The number of hydrogen-bond donors (Lipinski definition) is 1. The highest BCUT2D eigenvalue weighted by atomic mass is 32.2. The number of nitrogens with zero attached hydrogens (tertiary/aromatic N) is 1. The van der Waals surface area contributed by atoms with E-state index in [1.807, 2.05) is 55.5 Å². The van der Waals surface area contributed by atoms with Crippen LogP contribution in [0.3, 0.4) is 0 Å². The summed E-state index contributed by atoms with van der Waals surface area (Å²) in [5, 5.41) is 3.19. The molecular formula is C19H20N2O2S. The number of amidine groups is 1. The molecule has 124 valence electrons. The van der Waals surface area contributed by atoms with E-state index in [1.54, 1.807) is 6.92 Å². The van der Waals surface area contributed by atoms with E-state index in [1.165, 1.54) is 0 Å². The number of nitrogens with one attached hydrogen (secondary N) is 1. The van der Waals surface area contributed by atoms with Crippen molar-refractivity contribution in [3.8, 4) is 0 Å². The van der Waals surface area contributed by atoms with Gasteiger partial charge in [0.2, 0.25) is 0 Å². The quantitative estimate of drug-likeness (QED) is 0.913. The lowest BCUT2D eigenvalue weighted by molar-refractivity contribution is 0.608. The van der Waals surface area contributed by atoms with E-state index in [0.717, 1.165) is 23.2 Å². The fourth-order valence-corrected chi connectivity index (χ4v) is 4.23. The topological polar surface area (TPSA) is 58.5 Å². The normalized spacial score (nSPS) is 16.2. The maximum Gasteiger partial charge on any atom is 0.285 e. The molecule has 1 N–H and O–H groups in total. The Morgan fingerprint density at radius 3 is 2.33 bits per heavy atom. The zero-order valence-electron chi connectivity index (χ0n) is 14.0. The number of sulfonamides is 1. The van der Waals surface area contributed by atoms with Gasteiger partial charge in [-0.15, -0.1) is 4.40 Å². The van der Waals surface area contributed by atoms with Gasteiger partial charge in [0.15, 0.2) is 0 Å². The highest BCUT2D eigenvalue weighted by Crippen LogP contribution is 2.33. The highest BCUT2D eigenvalue weighted by molar-refractivity contribution is 8.00. The number of hydrogen-bond acceptors (Lipinski definition) is 3. The minimum atomic E-state index is -3.69. The molecule has 5 heteroatoms. The largest absolute Gasteiger partial charge is 0.339 e. The van der Waals surface area contributed by atoms with E-state index in [-0.39, 0.29) is 4.91 Å². The summed E-state index contributed by atoms with van der Waals surface area (Å²) in [5.74, 6) is 0.395. The Hall–Kier alpha value is -2.40. The minimum absolute atomic E-state index is 0.277. The smallest absolute Gasteiger partial charge is 0.285 e. The van der Waals surface area contributed by atoms with Crippen molar-refractivity contribution in [2.24, 2.45) is 4.40 Å². The van der Waals surface area contributed by atoms with Gasteiger partial charge in [0.05, 0.1) is 0 Å². The second-order valence-electron chi connectivity index (χ2n) is 5.87. The van der Waals surface area contributed by atoms with E-state index >= 15 is 0 Å². The summed E-state index contributed by atoms with van der Waals surface area (Å²) in [6, 6.07) is 15.3. The molecule has 4 nitrogen and oxygen atoms in total. The van der Waals surface area contributed by atoms with Gasteiger partial charge in [-0.3, -0.25) is 0 Å². The molecule has 0 saturated heterocycles. The van der Waals surface area contributed by atoms with E-state index in [0.29, 0.717) is 17.0 Å². The molecule has 0 aliphatic carbocycles. The van der Waals surface area contributed by atoms with Gasteiger partial charge >= 0.3 is 0 Å². The maximum atomic E-state index is 12.5. The Bertz CT molecular complexity index is 940. The molecule has 2 aromatic rings. The summed E-state index contributed by atoms with van der Waals surface area (Å²) in [5.41, 5.74) is 4.41. The molecule has 0 bridgehead atoms. The SMILES string of the molecule is CCc1ccccc1NC1=NS(=O)(=O)C(c2ccc(C)cc2)=C1C. The average molecular weight is 340 g/mol. The Kier molecular flexibility index (Phi) is 4.28. The summed E-state index contributed by atoms with van der Waals surface area (Å²) >= 11 is 0. The molecule has 2 aromatic carbocycles. The van der Waals surface area contributed by atoms with Crippen LogP contribution in [0.1, 0.15) is 30.5 Å². The van der Waals surface area contributed by atoms with Crippen LogP contribution in [0.2, 0.25) is 0 Å². The van der Waals surface area contributed by atoms with Crippen molar-refractivity contribution in [3.05, 3.63) is 70.8 Å². The van der Waals surface area contributed by atoms with Gasteiger partial charge < -0.3 is 5.32 Å². The molecule has 1 aliphatic heterocycles. The average Bonchev–Trinajstić information content (AvgIpc) is 2.78. The Morgan fingerprint density at radius 1 is 1.00 bits per heavy atom. The van der Waals surface area contributed by atoms with E-state index in [9.17, 15) is 8.42 Å². The van der Waals surface area contributed by atoms with Gasteiger partial charge in [-0.25, -0.2) is 0 Å². The minimum Gasteiger partial charge on any atom is -0.339 e. The van der Waals surface area contributed by atoms with E-state index in [2.05, 4.69) is 16.6 Å². The molecule has 1 aliphatic rings. The second-order valence-corrected chi connectivity index (χ2v) is 7.41. The number of para-hydroxylation sites is 1. The maximum absolute atomic E-state index is 12.5. The lowest BCUT2D eigenvalue weighted by atomic mass is 10.1. The van der Waals surface area contributed by atoms with Crippen molar-refractivity contribution in [2.45, 2.75) is 27.2 Å². The predicted octanol–water partition coefficient (Wildman–Crippen LogP) is 4.14. The first kappa shape index (κ1) is 16.5. The van der Waals surface area contributed by atoms with Crippen molar-refractivity contribution in [1.82, 2.24) is 0 Å². The van der Waals surface area contributed by atoms with Crippen LogP contribution < -0.4 is 5.32 Å². The first-order chi connectivity index (χ1) is 11.4. The van der Waals surface area contributed by atoms with Gasteiger partial charge in [-0.2, -0.15) is 8.42 Å². The summed E-state index contributed by atoms with van der Waals surface area (Å²) in [7, 11) is -3.69. The van der Waals surface area contributed by atoms with Crippen LogP contribution in [0.5, 0.6) is 0 Å². The molecule has 3 rings (SSSR count). The molecule has 0 unspecified atom stereocenters. The summed E-state index contributed by atoms with van der Waals surface area (Å²) in [6.45, 7) is 5.83. The lowest BCUT2D eigenvalue weighted by Gasteiger charge is -2.11. The van der Waals surface area contributed by atoms with Gasteiger partial charge in [-0.05, 0) is 37.5 Å². The molecule has 0 atom stereocenters. The molecule has 0 aromatic heterocycles. The number of anilines is 1. The van der Waals surface area contributed by atoms with Crippen molar-refractivity contribution in [3.63, 3.8) is 0 Å². The van der Waals surface area contributed by atoms with Crippen LogP contribution in [0.25, 0.3) is 4.91 Å². The lowest BCUT2D eigenvalue weighted by Crippen LogP contribution is -2.12. The highest BCUT2D eigenvalue weighted by Gasteiger charge is 2.31. The van der Waals surface area contributed by atoms with Crippen LogP contribution in [0.4, 0.5) is 5.69 Å². The third kappa shape index (κ3) is 2.99. The standard InChI is InChI=1S/C19H20N2O2S/c1-4-15-7-5-6-8-17(15)20-19-14(3)18(24(22,23)21-19)16-11-9-13(2)10-12-16/h5-12H,4H2,1-3H3,(H,20,21). The van der Waals surface area contributed by atoms with Gasteiger partial charge in [0.1, 0.15) is 10.7 Å². The molecule has 1 heterocycles. The number of aryl methyl sites for hydroxylation is 2. The fraction of sp³-hybridized carbons (Fsp3) is 0.211. The first-order valence-corrected chi connectivity index (χ1v) is 9.34. The van der Waals surface area contributed by atoms with E-state index < -0.39 is 10.0 Å². The molecule has 0 saturated carbocycles. The van der Waals surface area contributed by atoms with Gasteiger partial charge in [-0.1, -0.05) is 55.0 Å². The molecule has 0 radical (unpaired) electrons. The van der Waals surface area contributed by atoms with Crippen LogP contribution >= 0.6 is 0 Å². The van der Waals surface area contributed by atoms with Crippen LogP contribution in [0, 0.1) is 6.92 Å². The first-order valence-electron chi connectivity index (χ1n) is 7.90. The molecular weight excluding hydrogens is 320 g/mol. The van der Waals surface area contributed by atoms with Gasteiger partial charge in [0.25, 0.3) is 10.0 Å². The Labute approximate surface area is 143 Å². The second kappa shape index (κ2) is 6.24. The molecule has 0 spiro atoms. The third-order valence-electron chi connectivity index (χ3n) is 4.13. The summed E-state index contributed by atoms with van der Waals surface area (Å²) < 4.78 is 29.0. The van der Waals surface area contributed by atoms with Crippen molar-refractivity contribution < 1.29 is 8.42 Å². The summed E-state index contributed by atoms with van der Waals surface area (Å²) in [6.07, 6.45) is 0.858. The molecule has 0 fully saturated rings. The number of rotatable bonds is 3. The monoisotopic (exact) mass is 340 g/mol. The Balaban J connectivity index is 2.03. The fourth-order valence-electron chi connectivity index (χ4n) is 2.80. The zero-order valence-corrected chi connectivity index (χ0v) is 14.8. The number of benzene rings is 2. The molecule has 0 amide bonds. The van der Waals surface area contributed by atoms with Crippen LogP contribution in [0.15, 0.2) is 58.5 Å². The van der Waals surface area contributed by atoms with Crippen LogP contribution in [-0.4, -0.2) is 14.3 Å².